The molecule has 1 aromatic rings. The first kappa shape index (κ1) is 17.4. The van der Waals surface area contributed by atoms with E-state index in [1.807, 2.05) is 0 Å². The Labute approximate surface area is 137 Å². The van der Waals surface area contributed by atoms with Crippen molar-refractivity contribution in [1.29, 1.82) is 0 Å². The van der Waals surface area contributed by atoms with Gasteiger partial charge in [-0.15, -0.1) is 0 Å². The highest BCUT2D eigenvalue weighted by Gasteiger charge is 2.34. The van der Waals surface area contributed by atoms with Crippen LogP contribution in [-0.2, 0) is 9.59 Å². The maximum atomic E-state index is 13.0. The third kappa shape index (κ3) is 5.05. The zero-order valence-corrected chi connectivity index (χ0v) is 13.7. The molecule has 1 fully saturated rings. The summed E-state index contributed by atoms with van der Waals surface area (Å²) in [6.45, 7) is 3.21. The van der Waals surface area contributed by atoms with E-state index in [4.69, 9.17) is 0 Å². The fourth-order valence-electron chi connectivity index (χ4n) is 2.84. The largest absolute Gasteiger partial charge is 0.356 e. The summed E-state index contributed by atoms with van der Waals surface area (Å²) in [6, 6.07) is 5.79. The highest BCUT2D eigenvalue weighted by molar-refractivity contribution is 6.00. The molecular formula is C18H25FN2O2. The second-order valence-corrected chi connectivity index (χ2v) is 6.09. The molecule has 0 aromatic heterocycles. The van der Waals surface area contributed by atoms with Crippen LogP contribution >= 0.6 is 0 Å². The number of anilines is 1. The zero-order chi connectivity index (χ0) is 16.7. The smallest absolute Gasteiger partial charge is 0.227 e. The van der Waals surface area contributed by atoms with Crippen molar-refractivity contribution in [3.05, 3.63) is 30.1 Å². The Hall–Kier alpha value is -1.91. The van der Waals surface area contributed by atoms with Gasteiger partial charge < -0.3 is 10.2 Å². The van der Waals surface area contributed by atoms with Crippen molar-refractivity contribution in [2.75, 3.05) is 18.0 Å². The lowest BCUT2D eigenvalue weighted by Gasteiger charge is -2.16. The van der Waals surface area contributed by atoms with E-state index in [0.717, 1.165) is 12.8 Å². The number of amides is 2. The van der Waals surface area contributed by atoms with Gasteiger partial charge in [-0.05, 0) is 30.7 Å². The van der Waals surface area contributed by atoms with Crippen LogP contribution in [0.2, 0.25) is 0 Å². The summed E-state index contributed by atoms with van der Waals surface area (Å²) in [5, 5.41) is 2.93. The van der Waals surface area contributed by atoms with Gasteiger partial charge in [-0.1, -0.05) is 32.6 Å². The summed E-state index contributed by atoms with van der Waals surface area (Å²) < 4.78 is 13.0. The molecular weight excluding hydrogens is 295 g/mol. The standard InChI is InChI=1S/C18H25FN2O2/c1-2-3-4-5-6-11-20-18(23)14-12-17(22)21(13-14)16-9-7-15(19)8-10-16/h7-10,14H,2-6,11-13H2,1H3,(H,20,23). The number of carbonyl (C=O) groups is 2. The van der Waals surface area contributed by atoms with Crippen LogP contribution in [0.1, 0.15) is 45.4 Å². The van der Waals surface area contributed by atoms with Gasteiger partial charge in [0.2, 0.25) is 11.8 Å². The molecule has 2 amide bonds. The Morgan fingerprint density at radius 3 is 2.61 bits per heavy atom. The fraction of sp³-hybridized carbons (Fsp3) is 0.556. The molecule has 2 rings (SSSR count). The highest BCUT2D eigenvalue weighted by Crippen LogP contribution is 2.25. The molecule has 1 N–H and O–H groups in total. The first-order chi connectivity index (χ1) is 11.1. The molecule has 1 saturated heterocycles. The molecule has 0 bridgehead atoms. The Balaban J connectivity index is 1.77. The van der Waals surface area contributed by atoms with Crippen LogP contribution in [0, 0.1) is 11.7 Å². The van der Waals surface area contributed by atoms with Gasteiger partial charge in [-0.3, -0.25) is 9.59 Å². The van der Waals surface area contributed by atoms with E-state index < -0.39 is 0 Å². The predicted octanol–water partition coefficient (Wildman–Crippen LogP) is 3.27. The Bertz CT molecular complexity index is 530. The van der Waals surface area contributed by atoms with Gasteiger partial charge in [0.15, 0.2) is 0 Å². The minimum Gasteiger partial charge on any atom is -0.356 e. The molecule has 0 saturated carbocycles. The number of nitrogens with one attached hydrogen (secondary N) is 1. The van der Waals surface area contributed by atoms with Crippen molar-refractivity contribution in [3.63, 3.8) is 0 Å². The number of rotatable bonds is 8. The summed E-state index contributed by atoms with van der Waals surface area (Å²) in [5.41, 5.74) is 0.645. The predicted molar refractivity (Wildman–Crippen MR) is 88.6 cm³/mol. The van der Waals surface area contributed by atoms with Crippen LogP contribution in [-0.4, -0.2) is 24.9 Å². The van der Waals surface area contributed by atoms with Gasteiger partial charge in [0, 0.05) is 25.2 Å². The SMILES string of the molecule is CCCCCCCNC(=O)C1CC(=O)N(c2ccc(F)cc2)C1. The van der Waals surface area contributed by atoms with Crippen LogP contribution in [0.3, 0.4) is 0 Å². The molecule has 0 spiro atoms. The highest BCUT2D eigenvalue weighted by atomic mass is 19.1. The summed E-state index contributed by atoms with van der Waals surface area (Å²) in [7, 11) is 0. The van der Waals surface area contributed by atoms with Crippen molar-refractivity contribution in [2.24, 2.45) is 5.92 Å². The Morgan fingerprint density at radius 2 is 1.91 bits per heavy atom. The zero-order valence-electron chi connectivity index (χ0n) is 13.7. The van der Waals surface area contributed by atoms with Crippen LogP contribution in [0.4, 0.5) is 10.1 Å². The number of hydrogen-bond acceptors (Lipinski definition) is 2. The summed E-state index contributed by atoms with van der Waals surface area (Å²) >= 11 is 0. The number of benzene rings is 1. The Kier molecular flexibility index (Phi) is 6.56. The molecule has 1 aliphatic rings. The molecule has 23 heavy (non-hydrogen) atoms. The molecule has 4 nitrogen and oxygen atoms in total. The lowest BCUT2D eigenvalue weighted by molar-refractivity contribution is -0.126. The van der Waals surface area contributed by atoms with E-state index in [-0.39, 0.29) is 30.0 Å². The molecule has 1 atom stereocenters. The topological polar surface area (TPSA) is 49.4 Å². The maximum Gasteiger partial charge on any atom is 0.227 e. The number of unbranched alkanes of at least 4 members (excludes halogenated alkanes) is 4. The number of halogens is 1. The van der Waals surface area contributed by atoms with E-state index >= 15 is 0 Å². The summed E-state index contributed by atoms with van der Waals surface area (Å²) in [5.74, 6) is -0.792. The number of carbonyl (C=O) groups excluding carboxylic acids is 2. The molecule has 1 unspecified atom stereocenters. The average Bonchev–Trinajstić information content (AvgIpc) is 2.93. The van der Waals surface area contributed by atoms with Crippen LogP contribution in [0.5, 0.6) is 0 Å². The molecule has 126 valence electrons. The van der Waals surface area contributed by atoms with Gasteiger partial charge in [0.05, 0.1) is 5.92 Å². The first-order valence-electron chi connectivity index (χ1n) is 8.45. The van der Waals surface area contributed by atoms with Gasteiger partial charge >= 0.3 is 0 Å². The maximum absolute atomic E-state index is 13.0. The van der Waals surface area contributed by atoms with E-state index in [0.29, 0.717) is 18.8 Å². The van der Waals surface area contributed by atoms with Gasteiger partial charge in [0.25, 0.3) is 0 Å². The van der Waals surface area contributed by atoms with Crippen molar-refractivity contribution >= 4 is 17.5 Å². The van der Waals surface area contributed by atoms with Crippen LogP contribution < -0.4 is 10.2 Å². The molecule has 1 heterocycles. The van der Waals surface area contributed by atoms with Gasteiger partial charge in [-0.25, -0.2) is 4.39 Å². The normalized spacial score (nSPS) is 17.6. The lowest BCUT2D eigenvalue weighted by Crippen LogP contribution is -2.33. The van der Waals surface area contributed by atoms with E-state index in [1.54, 1.807) is 17.0 Å². The van der Waals surface area contributed by atoms with Crippen molar-refractivity contribution in [1.82, 2.24) is 5.32 Å². The monoisotopic (exact) mass is 320 g/mol. The molecule has 1 aliphatic heterocycles. The van der Waals surface area contributed by atoms with Crippen molar-refractivity contribution in [3.8, 4) is 0 Å². The van der Waals surface area contributed by atoms with Crippen molar-refractivity contribution in [2.45, 2.75) is 45.4 Å². The number of nitrogens with zero attached hydrogens (tertiary/aromatic N) is 1. The van der Waals surface area contributed by atoms with Gasteiger partial charge in [-0.2, -0.15) is 0 Å². The number of hydrogen-bond donors (Lipinski definition) is 1. The third-order valence-electron chi connectivity index (χ3n) is 4.21. The summed E-state index contributed by atoms with van der Waals surface area (Å²) in [6.07, 6.45) is 5.96. The second kappa shape index (κ2) is 8.65. The minimum absolute atomic E-state index is 0.0570. The quantitative estimate of drug-likeness (QED) is 0.747. The Morgan fingerprint density at radius 1 is 1.22 bits per heavy atom. The first-order valence-corrected chi connectivity index (χ1v) is 8.45. The molecule has 0 radical (unpaired) electrons. The van der Waals surface area contributed by atoms with E-state index in [2.05, 4.69) is 12.2 Å². The van der Waals surface area contributed by atoms with Crippen LogP contribution in [0.15, 0.2) is 24.3 Å². The molecule has 0 aliphatic carbocycles. The molecule has 5 heteroatoms. The fourth-order valence-corrected chi connectivity index (χ4v) is 2.84. The van der Waals surface area contributed by atoms with E-state index in [9.17, 15) is 14.0 Å². The minimum atomic E-state index is -0.335. The average molecular weight is 320 g/mol. The third-order valence-corrected chi connectivity index (χ3v) is 4.21. The molecule has 1 aromatic carbocycles. The second-order valence-electron chi connectivity index (χ2n) is 6.09. The van der Waals surface area contributed by atoms with Crippen LogP contribution in [0.25, 0.3) is 0 Å². The van der Waals surface area contributed by atoms with Crippen molar-refractivity contribution < 1.29 is 14.0 Å². The lowest BCUT2D eigenvalue weighted by atomic mass is 10.1. The van der Waals surface area contributed by atoms with Gasteiger partial charge in [0.1, 0.15) is 5.82 Å². The van der Waals surface area contributed by atoms with E-state index in [1.165, 1.54) is 31.4 Å². The summed E-state index contributed by atoms with van der Waals surface area (Å²) in [4.78, 5) is 25.8.